The second kappa shape index (κ2) is 11.7. The molecule has 0 bridgehead atoms. The first-order valence-electron chi connectivity index (χ1n) is 12.3. The molecule has 0 fully saturated rings. The van der Waals surface area contributed by atoms with Gasteiger partial charge in [0.15, 0.2) is 0 Å². The molecule has 2 nitrogen and oxygen atoms in total. The highest BCUT2D eigenvalue weighted by Gasteiger charge is 2.12. The minimum absolute atomic E-state index is 0.663. The van der Waals surface area contributed by atoms with Crippen molar-refractivity contribution in [3.8, 4) is 0 Å². The number of allylic oxidation sites excluding steroid dienone is 2. The Balaban J connectivity index is 1.43. The fourth-order valence-corrected chi connectivity index (χ4v) is 4.31. The Morgan fingerprint density at radius 2 is 0.919 bits per heavy atom. The zero-order valence-corrected chi connectivity index (χ0v) is 20.4. The number of hydrogen-bond acceptors (Lipinski definition) is 2. The molecule has 0 N–H and O–H groups in total. The van der Waals surface area contributed by atoms with Crippen molar-refractivity contribution in [3.05, 3.63) is 174 Å². The van der Waals surface area contributed by atoms with Crippen LogP contribution in [0.2, 0.25) is 0 Å². The van der Waals surface area contributed by atoms with Gasteiger partial charge in [-0.1, -0.05) is 109 Å². The van der Waals surface area contributed by atoms with Crippen LogP contribution in [0.5, 0.6) is 0 Å². The molecule has 0 amide bonds. The Labute approximate surface area is 218 Å². The summed E-state index contributed by atoms with van der Waals surface area (Å²) in [7, 11) is 0. The first-order valence-corrected chi connectivity index (χ1v) is 12.3. The summed E-state index contributed by atoms with van der Waals surface area (Å²) in [4.78, 5) is 13.3. The number of anilines is 3. The van der Waals surface area contributed by atoms with Gasteiger partial charge in [-0.05, 0) is 70.8 Å². The third kappa shape index (κ3) is 5.83. The number of hydrogen-bond donors (Lipinski definition) is 0. The van der Waals surface area contributed by atoms with E-state index >= 15 is 0 Å². The molecule has 0 aromatic heterocycles. The van der Waals surface area contributed by atoms with E-state index in [1.165, 1.54) is 16.7 Å². The van der Waals surface area contributed by atoms with E-state index in [0.717, 1.165) is 28.9 Å². The van der Waals surface area contributed by atoms with Gasteiger partial charge in [0.2, 0.25) is 0 Å². The van der Waals surface area contributed by atoms with Crippen molar-refractivity contribution in [2.75, 3.05) is 4.90 Å². The Bertz CT molecular complexity index is 1440. The van der Waals surface area contributed by atoms with Crippen molar-refractivity contribution in [3.63, 3.8) is 0 Å². The maximum atomic E-state index is 11.1. The average molecular weight is 478 g/mol. The molecule has 0 unspecified atom stereocenters. The van der Waals surface area contributed by atoms with Gasteiger partial charge in [0.05, 0.1) is 0 Å². The highest BCUT2D eigenvalue weighted by atomic mass is 16.1. The average Bonchev–Trinajstić information content (AvgIpc) is 2.98. The SMILES string of the molecule is O=Cc1ccc(N(c2ccccc2)c2ccc(C=CC=C(c3ccccc3)c3ccccc3)cc2)cc1. The molecule has 0 radical (unpaired) electrons. The molecule has 178 valence electrons. The molecular weight excluding hydrogens is 450 g/mol. The topological polar surface area (TPSA) is 20.3 Å². The van der Waals surface area contributed by atoms with Crippen LogP contribution in [-0.2, 0) is 0 Å². The summed E-state index contributed by atoms with van der Waals surface area (Å²) < 4.78 is 0. The van der Waals surface area contributed by atoms with E-state index in [1.807, 2.05) is 54.6 Å². The molecule has 2 heteroatoms. The smallest absolute Gasteiger partial charge is 0.150 e. The van der Waals surface area contributed by atoms with E-state index in [9.17, 15) is 4.79 Å². The van der Waals surface area contributed by atoms with Crippen molar-refractivity contribution in [1.82, 2.24) is 0 Å². The Morgan fingerprint density at radius 3 is 1.41 bits per heavy atom. The lowest BCUT2D eigenvalue weighted by atomic mass is 9.97. The third-order valence-corrected chi connectivity index (χ3v) is 6.17. The van der Waals surface area contributed by atoms with E-state index < -0.39 is 0 Å². The second-order valence-electron chi connectivity index (χ2n) is 8.64. The van der Waals surface area contributed by atoms with Crippen LogP contribution in [0.1, 0.15) is 27.0 Å². The van der Waals surface area contributed by atoms with Crippen LogP contribution in [0.3, 0.4) is 0 Å². The van der Waals surface area contributed by atoms with Crippen LogP contribution < -0.4 is 4.90 Å². The minimum atomic E-state index is 0.663. The molecule has 0 saturated heterocycles. The Hall–Kier alpha value is -4.95. The maximum Gasteiger partial charge on any atom is 0.150 e. The largest absolute Gasteiger partial charge is 0.311 e. The van der Waals surface area contributed by atoms with Gasteiger partial charge in [-0.3, -0.25) is 4.79 Å². The lowest BCUT2D eigenvalue weighted by molar-refractivity contribution is 0.112. The van der Waals surface area contributed by atoms with Crippen LogP contribution in [0, 0.1) is 0 Å². The second-order valence-corrected chi connectivity index (χ2v) is 8.64. The van der Waals surface area contributed by atoms with Crippen molar-refractivity contribution < 1.29 is 4.79 Å². The van der Waals surface area contributed by atoms with Crippen molar-refractivity contribution in [2.45, 2.75) is 0 Å². The van der Waals surface area contributed by atoms with Gasteiger partial charge in [-0.25, -0.2) is 0 Å². The molecule has 5 rings (SSSR count). The van der Waals surface area contributed by atoms with Crippen molar-refractivity contribution >= 4 is 35.0 Å². The molecule has 0 atom stereocenters. The zero-order valence-electron chi connectivity index (χ0n) is 20.4. The van der Waals surface area contributed by atoms with Gasteiger partial charge in [-0.15, -0.1) is 0 Å². The van der Waals surface area contributed by atoms with Crippen LogP contribution in [0.4, 0.5) is 17.1 Å². The highest BCUT2D eigenvalue weighted by molar-refractivity contribution is 5.82. The molecule has 0 aliphatic heterocycles. The van der Waals surface area contributed by atoms with Crippen LogP contribution in [-0.4, -0.2) is 6.29 Å². The minimum Gasteiger partial charge on any atom is -0.311 e. The summed E-state index contributed by atoms with van der Waals surface area (Å²) in [6.45, 7) is 0. The Morgan fingerprint density at radius 1 is 0.486 bits per heavy atom. The lowest BCUT2D eigenvalue weighted by Crippen LogP contribution is -2.09. The quantitative estimate of drug-likeness (QED) is 0.164. The summed E-state index contributed by atoms with van der Waals surface area (Å²) in [5.41, 5.74) is 8.44. The van der Waals surface area contributed by atoms with Crippen molar-refractivity contribution in [1.29, 1.82) is 0 Å². The molecule has 0 saturated carbocycles. The maximum absolute atomic E-state index is 11.1. The number of nitrogens with zero attached hydrogens (tertiary/aromatic N) is 1. The summed E-state index contributed by atoms with van der Waals surface area (Å²) in [5, 5.41) is 0. The normalized spacial score (nSPS) is 10.7. The summed E-state index contributed by atoms with van der Waals surface area (Å²) in [5.74, 6) is 0. The summed E-state index contributed by atoms with van der Waals surface area (Å²) in [6, 6.07) is 47.3. The number of benzene rings is 5. The predicted octanol–water partition coefficient (Wildman–Crippen LogP) is 9.11. The number of para-hydroxylation sites is 1. The summed E-state index contributed by atoms with van der Waals surface area (Å²) in [6.07, 6.45) is 7.27. The van der Waals surface area contributed by atoms with Crippen LogP contribution >= 0.6 is 0 Å². The van der Waals surface area contributed by atoms with E-state index in [4.69, 9.17) is 0 Å². The van der Waals surface area contributed by atoms with Gasteiger partial charge in [0, 0.05) is 22.6 Å². The van der Waals surface area contributed by atoms with Crippen LogP contribution in [0.25, 0.3) is 11.6 Å². The molecule has 0 aliphatic rings. The number of carbonyl (C=O) groups is 1. The standard InChI is InChI=1S/C35H27NO/c37-27-29-21-25-34(26-22-29)36(32-16-8-3-9-17-32)33-23-19-28(20-24-33)11-10-18-35(30-12-4-1-5-13-30)31-14-6-2-7-15-31/h1-27H. The van der Waals surface area contributed by atoms with Gasteiger partial charge < -0.3 is 4.90 Å². The molecule has 37 heavy (non-hydrogen) atoms. The molecule has 5 aromatic carbocycles. The number of carbonyl (C=O) groups excluding carboxylic acids is 1. The fraction of sp³-hybridized carbons (Fsp3) is 0. The monoisotopic (exact) mass is 477 g/mol. The zero-order chi connectivity index (χ0) is 25.3. The number of rotatable bonds is 8. The first kappa shape index (κ1) is 23.8. The number of aldehydes is 1. The molecular formula is C35H27NO. The lowest BCUT2D eigenvalue weighted by Gasteiger charge is -2.25. The van der Waals surface area contributed by atoms with Gasteiger partial charge in [0.1, 0.15) is 6.29 Å². The predicted molar refractivity (Wildman–Crippen MR) is 156 cm³/mol. The van der Waals surface area contributed by atoms with E-state index in [-0.39, 0.29) is 0 Å². The molecule has 0 spiro atoms. The van der Waals surface area contributed by atoms with Crippen molar-refractivity contribution in [2.24, 2.45) is 0 Å². The van der Waals surface area contributed by atoms with E-state index in [2.05, 4.69) is 108 Å². The molecule has 0 heterocycles. The van der Waals surface area contributed by atoms with Gasteiger partial charge >= 0.3 is 0 Å². The summed E-state index contributed by atoms with van der Waals surface area (Å²) >= 11 is 0. The molecule has 5 aromatic rings. The highest BCUT2D eigenvalue weighted by Crippen LogP contribution is 2.34. The van der Waals surface area contributed by atoms with Gasteiger partial charge in [0.25, 0.3) is 0 Å². The van der Waals surface area contributed by atoms with Gasteiger partial charge in [-0.2, -0.15) is 0 Å². The van der Waals surface area contributed by atoms with Crippen LogP contribution in [0.15, 0.2) is 152 Å². The first-order chi connectivity index (χ1) is 18.3. The molecule has 0 aliphatic carbocycles. The third-order valence-electron chi connectivity index (χ3n) is 6.17. The Kier molecular flexibility index (Phi) is 7.49. The van der Waals surface area contributed by atoms with E-state index in [0.29, 0.717) is 5.56 Å². The van der Waals surface area contributed by atoms with E-state index in [1.54, 1.807) is 0 Å². The fourth-order valence-electron chi connectivity index (χ4n) is 4.31.